The fourth-order valence-electron chi connectivity index (χ4n) is 2.97. The first-order chi connectivity index (χ1) is 14.6. The lowest BCUT2D eigenvalue weighted by molar-refractivity contribution is 0.0827. The Labute approximate surface area is 177 Å². The Morgan fingerprint density at radius 1 is 1.03 bits per heavy atom. The van der Waals surface area contributed by atoms with Crippen LogP contribution in [0, 0.1) is 0 Å². The van der Waals surface area contributed by atoms with Gasteiger partial charge in [-0.3, -0.25) is 9.79 Å². The van der Waals surface area contributed by atoms with Gasteiger partial charge >= 0.3 is 0 Å². The highest BCUT2D eigenvalue weighted by molar-refractivity contribution is 5.93. The van der Waals surface area contributed by atoms with Crippen molar-refractivity contribution in [1.29, 1.82) is 0 Å². The number of rotatable bonds is 7. The van der Waals surface area contributed by atoms with Crippen LogP contribution in [0.3, 0.4) is 0 Å². The lowest BCUT2D eigenvalue weighted by atomic mass is 10.1. The number of nitrogens with zero attached hydrogens (tertiary/aromatic N) is 4. The largest absolute Gasteiger partial charge is 0.356 e. The van der Waals surface area contributed by atoms with Gasteiger partial charge in [0.1, 0.15) is 0 Å². The quantitative estimate of drug-likeness (QED) is 0.469. The Balaban J connectivity index is 1.45. The molecule has 0 aliphatic heterocycles. The molecule has 1 heterocycles. The molecule has 1 amide bonds. The van der Waals surface area contributed by atoms with Crippen molar-refractivity contribution in [1.82, 2.24) is 25.3 Å². The van der Waals surface area contributed by atoms with Crippen molar-refractivity contribution in [2.24, 2.45) is 4.99 Å². The molecule has 3 rings (SSSR count). The Kier molecular flexibility index (Phi) is 7.21. The van der Waals surface area contributed by atoms with Crippen LogP contribution in [0.15, 0.2) is 72.0 Å². The van der Waals surface area contributed by atoms with Crippen molar-refractivity contribution >= 4 is 11.9 Å². The maximum atomic E-state index is 12.0. The molecule has 0 atom stereocenters. The van der Waals surface area contributed by atoms with Gasteiger partial charge in [0.2, 0.25) is 0 Å². The van der Waals surface area contributed by atoms with Crippen molar-refractivity contribution < 1.29 is 4.79 Å². The van der Waals surface area contributed by atoms with Crippen molar-refractivity contribution in [3.63, 3.8) is 0 Å². The van der Waals surface area contributed by atoms with Gasteiger partial charge in [0.05, 0.1) is 11.9 Å². The summed E-state index contributed by atoms with van der Waals surface area (Å²) >= 11 is 0. The van der Waals surface area contributed by atoms with E-state index in [4.69, 9.17) is 0 Å². The molecule has 2 aromatic carbocycles. The van der Waals surface area contributed by atoms with Gasteiger partial charge in [-0.25, -0.2) is 4.68 Å². The summed E-state index contributed by atoms with van der Waals surface area (Å²) in [5, 5.41) is 11.0. The number of aromatic nitrogens is 2. The van der Waals surface area contributed by atoms with Crippen LogP contribution in [-0.4, -0.2) is 54.2 Å². The second kappa shape index (κ2) is 10.2. The molecular formula is C23H28N6O. The van der Waals surface area contributed by atoms with Crippen LogP contribution in [0.5, 0.6) is 0 Å². The number of hydrogen-bond donors (Lipinski definition) is 2. The summed E-state index contributed by atoms with van der Waals surface area (Å²) in [6.07, 6.45) is 4.78. The molecule has 7 heteroatoms. The van der Waals surface area contributed by atoms with Gasteiger partial charge in [0, 0.05) is 46.0 Å². The molecule has 0 aliphatic carbocycles. The highest BCUT2D eigenvalue weighted by Crippen LogP contribution is 2.08. The average molecular weight is 405 g/mol. The van der Waals surface area contributed by atoms with E-state index >= 15 is 0 Å². The monoisotopic (exact) mass is 404 g/mol. The maximum Gasteiger partial charge on any atom is 0.253 e. The smallest absolute Gasteiger partial charge is 0.253 e. The third-order valence-corrected chi connectivity index (χ3v) is 4.65. The van der Waals surface area contributed by atoms with E-state index in [-0.39, 0.29) is 5.91 Å². The van der Waals surface area contributed by atoms with Crippen LogP contribution in [0.4, 0.5) is 0 Å². The van der Waals surface area contributed by atoms with E-state index in [1.165, 1.54) is 0 Å². The molecule has 30 heavy (non-hydrogen) atoms. The predicted molar refractivity (Wildman–Crippen MR) is 120 cm³/mol. The van der Waals surface area contributed by atoms with Gasteiger partial charge < -0.3 is 15.5 Å². The van der Waals surface area contributed by atoms with Crippen molar-refractivity contribution in [2.45, 2.75) is 13.0 Å². The summed E-state index contributed by atoms with van der Waals surface area (Å²) in [4.78, 5) is 17.8. The van der Waals surface area contributed by atoms with Gasteiger partial charge in [-0.15, -0.1) is 0 Å². The lowest BCUT2D eigenvalue weighted by Crippen LogP contribution is -2.37. The highest BCUT2D eigenvalue weighted by Gasteiger charge is 2.07. The van der Waals surface area contributed by atoms with E-state index in [2.05, 4.69) is 20.7 Å². The minimum atomic E-state index is 0.00238. The highest BCUT2D eigenvalue weighted by atomic mass is 16.2. The third-order valence-electron chi connectivity index (χ3n) is 4.65. The summed E-state index contributed by atoms with van der Waals surface area (Å²) < 4.78 is 1.88. The summed E-state index contributed by atoms with van der Waals surface area (Å²) in [6, 6.07) is 17.7. The van der Waals surface area contributed by atoms with Gasteiger partial charge in [-0.05, 0) is 41.8 Å². The van der Waals surface area contributed by atoms with Gasteiger partial charge in [0.15, 0.2) is 5.96 Å². The molecule has 2 N–H and O–H groups in total. The van der Waals surface area contributed by atoms with E-state index in [9.17, 15) is 4.79 Å². The Morgan fingerprint density at radius 3 is 2.43 bits per heavy atom. The van der Waals surface area contributed by atoms with Crippen molar-refractivity contribution in [2.75, 3.05) is 27.7 Å². The number of guanidine groups is 1. The number of carbonyl (C=O) groups excluding carboxylic acids is 1. The number of hydrogen-bond acceptors (Lipinski definition) is 3. The summed E-state index contributed by atoms with van der Waals surface area (Å²) in [5.41, 5.74) is 3.97. The molecule has 7 nitrogen and oxygen atoms in total. The van der Waals surface area contributed by atoms with Gasteiger partial charge in [-0.2, -0.15) is 5.10 Å². The number of nitrogens with one attached hydrogen (secondary N) is 2. The van der Waals surface area contributed by atoms with Crippen LogP contribution in [0.25, 0.3) is 5.69 Å². The molecule has 0 bridgehead atoms. The minimum Gasteiger partial charge on any atom is -0.356 e. The number of benzene rings is 2. The van der Waals surface area contributed by atoms with Crippen LogP contribution < -0.4 is 10.6 Å². The zero-order chi connectivity index (χ0) is 21.3. The molecule has 0 radical (unpaired) electrons. The van der Waals surface area contributed by atoms with Gasteiger partial charge in [-0.1, -0.05) is 30.3 Å². The van der Waals surface area contributed by atoms with Gasteiger partial charge in [0.25, 0.3) is 5.91 Å². The fraction of sp³-hybridized carbons (Fsp3) is 0.261. The molecular weight excluding hydrogens is 376 g/mol. The first-order valence-electron chi connectivity index (χ1n) is 9.91. The molecule has 3 aromatic rings. The predicted octanol–water partition coefficient (Wildman–Crippen LogP) is 2.48. The topological polar surface area (TPSA) is 74.5 Å². The number of amides is 1. The van der Waals surface area contributed by atoms with E-state index < -0.39 is 0 Å². The summed E-state index contributed by atoms with van der Waals surface area (Å²) in [5.74, 6) is 0.737. The number of carbonyl (C=O) groups is 1. The molecule has 156 valence electrons. The lowest BCUT2D eigenvalue weighted by Gasteiger charge is -2.13. The number of para-hydroxylation sites is 1. The first kappa shape index (κ1) is 21.1. The Morgan fingerprint density at radius 2 is 1.77 bits per heavy atom. The zero-order valence-electron chi connectivity index (χ0n) is 17.7. The third kappa shape index (κ3) is 5.70. The Hall–Kier alpha value is -3.61. The molecule has 1 aromatic heterocycles. The van der Waals surface area contributed by atoms with E-state index in [1.54, 1.807) is 26.0 Å². The molecule has 0 aliphatic rings. The average Bonchev–Trinajstić information content (AvgIpc) is 3.25. The van der Waals surface area contributed by atoms with Crippen LogP contribution >= 0.6 is 0 Å². The summed E-state index contributed by atoms with van der Waals surface area (Å²) in [7, 11) is 5.25. The van der Waals surface area contributed by atoms with Crippen molar-refractivity contribution in [3.05, 3.63) is 83.7 Å². The molecule has 0 saturated heterocycles. The molecule has 0 fully saturated rings. The van der Waals surface area contributed by atoms with Crippen LogP contribution in [-0.2, 0) is 13.0 Å². The Bertz CT molecular complexity index is 976. The second-order valence-electron chi connectivity index (χ2n) is 7.13. The standard InChI is InChI=1S/C23H28N6O/c1-24-23(26-15-18-9-11-20(12-10-18)22(30)28(2)3)25-14-13-19-16-27-29(17-19)21-7-5-4-6-8-21/h4-12,16-17H,13-15H2,1-3H3,(H2,24,25,26). The van der Waals surface area contributed by atoms with E-state index in [0.717, 1.165) is 35.7 Å². The summed E-state index contributed by atoms with van der Waals surface area (Å²) in [6.45, 7) is 1.37. The SMILES string of the molecule is CN=C(NCCc1cnn(-c2ccccc2)c1)NCc1ccc(C(=O)N(C)C)cc1. The molecule has 0 unspecified atom stereocenters. The van der Waals surface area contributed by atoms with Crippen molar-refractivity contribution in [3.8, 4) is 5.69 Å². The van der Waals surface area contributed by atoms with Crippen LogP contribution in [0.2, 0.25) is 0 Å². The normalized spacial score (nSPS) is 11.2. The van der Waals surface area contributed by atoms with Crippen LogP contribution in [0.1, 0.15) is 21.5 Å². The zero-order valence-corrected chi connectivity index (χ0v) is 17.7. The maximum absolute atomic E-state index is 12.0. The van der Waals surface area contributed by atoms with E-state index in [0.29, 0.717) is 12.1 Å². The molecule has 0 spiro atoms. The fourth-order valence-corrected chi connectivity index (χ4v) is 2.97. The molecule has 0 saturated carbocycles. The minimum absolute atomic E-state index is 0.00238. The first-order valence-corrected chi connectivity index (χ1v) is 9.91. The second-order valence-corrected chi connectivity index (χ2v) is 7.13. The number of aliphatic imine (C=N–C) groups is 1. The van der Waals surface area contributed by atoms with E-state index in [1.807, 2.05) is 71.7 Å².